The SMILES string of the molecule is CC12CCCCC1(C)N(c1ccccc1)c1ccc(-c3ccc4c(c3)C(c3ccccc3)(c3ccccc3)c3ccc5c(ccc6ccccc65)c3-4)cc1C2. The average molecular weight is 708 g/mol. The Bertz CT molecular complexity index is 2730. The molecule has 8 aromatic carbocycles. The number of nitrogens with zero attached hydrogens (tertiary/aromatic N) is 1. The van der Waals surface area contributed by atoms with Crippen LogP contribution < -0.4 is 4.90 Å². The minimum absolute atomic E-state index is 0.0690. The summed E-state index contributed by atoms with van der Waals surface area (Å²) in [6.45, 7) is 5.10. The zero-order chi connectivity index (χ0) is 36.8. The predicted octanol–water partition coefficient (Wildman–Crippen LogP) is 14.1. The second-order valence-corrected chi connectivity index (χ2v) is 16.8. The lowest BCUT2D eigenvalue weighted by atomic mass is 9.57. The molecule has 55 heavy (non-hydrogen) atoms. The number of anilines is 2. The highest BCUT2D eigenvalue weighted by Crippen LogP contribution is 2.60. The molecule has 0 radical (unpaired) electrons. The highest BCUT2D eigenvalue weighted by molar-refractivity contribution is 6.14. The molecule has 8 aromatic rings. The highest BCUT2D eigenvalue weighted by atomic mass is 15.2. The van der Waals surface area contributed by atoms with Crippen molar-refractivity contribution in [2.45, 2.75) is 56.9 Å². The van der Waals surface area contributed by atoms with Gasteiger partial charge < -0.3 is 4.90 Å². The molecule has 0 saturated heterocycles. The first-order chi connectivity index (χ1) is 27.0. The van der Waals surface area contributed by atoms with Gasteiger partial charge in [0.1, 0.15) is 0 Å². The van der Waals surface area contributed by atoms with E-state index >= 15 is 0 Å². The first kappa shape index (κ1) is 32.5. The summed E-state index contributed by atoms with van der Waals surface area (Å²) in [6, 6.07) is 66.6. The molecule has 0 bridgehead atoms. The number of fused-ring (bicyclic) bond motifs is 9. The lowest BCUT2D eigenvalue weighted by Gasteiger charge is -2.60. The Balaban J connectivity index is 1.16. The maximum absolute atomic E-state index is 2.71. The zero-order valence-electron chi connectivity index (χ0n) is 31.7. The molecule has 1 heterocycles. The number of rotatable bonds is 4. The Morgan fingerprint density at radius 2 is 1.13 bits per heavy atom. The smallest absolute Gasteiger partial charge is 0.0714 e. The van der Waals surface area contributed by atoms with E-state index in [1.807, 2.05) is 0 Å². The van der Waals surface area contributed by atoms with Crippen LogP contribution in [0.25, 0.3) is 43.8 Å². The Hall–Kier alpha value is -5.92. The van der Waals surface area contributed by atoms with Crippen LogP contribution in [0, 0.1) is 5.41 Å². The molecule has 1 heteroatoms. The van der Waals surface area contributed by atoms with Crippen LogP contribution in [0.4, 0.5) is 11.4 Å². The molecule has 3 aliphatic rings. The molecule has 1 saturated carbocycles. The van der Waals surface area contributed by atoms with E-state index < -0.39 is 5.41 Å². The van der Waals surface area contributed by atoms with Crippen LogP contribution in [0.2, 0.25) is 0 Å². The van der Waals surface area contributed by atoms with Gasteiger partial charge in [0, 0.05) is 16.9 Å². The van der Waals surface area contributed by atoms with Gasteiger partial charge in [-0.15, -0.1) is 0 Å². The van der Waals surface area contributed by atoms with E-state index in [9.17, 15) is 0 Å². The molecule has 2 aliphatic carbocycles. The number of benzene rings is 8. The van der Waals surface area contributed by atoms with Crippen LogP contribution in [0.1, 0.15) is 67.3 Å². The second-order valence-electron chi connectivity index (χ2n) is 16.8. The van der Waals surface area contributed by atoms with Crippen molar-refractivity contribution in [1.29, 1.82) is 0 Å². The average Bonchev–Trinajstić information content (AvgIpc) is 3.54. The summed E-state index contributed by atoms with van der Waals surface area (Å²) in [7, 11) is 0. The normalized spacial score (nSPS) is 20.8. The van der Waals surface area contributed by atoms with E-state index in [2.05, 4.69) is 195 Å². The molecule has 11 rings (SSSR count). The van der Waals surface area contributed by atoms with E-state index in [0.717, 1.165) is 6.42 Å². The summed E-state index contributed by atoms with van der Waals surface area (Å²) in [5.74, 6) is 0. The largest absolute Gasteiger partial charge is 0.335 e. The third-order valence-corrected chi connectivity index (χ3v) is 14.1. The van der Waals surface area contributed by atoms with Crippen molar-refractivity contribution in [2.75, 3.05) is 4.90 Å². The Labute approximate surface area is 324 Å². The van der Waals surface area contributed by atoms with Crippen molar-refractivity contribution in [3.63, 3.8) is 0 Å². The van der Waals surface area contributed by atoms with Gasteiger partial charge in [0.15, 0.2) is 0 Å². The minimum atomic E-state index is -0.473. The lowest BCUT2D eigenvalue weighted by molar-refractivity contribution is 0.0863. The van der Waals surface area contributed by atoms with Crippen molar-refractivity contribution in [3.05, 3.63) is 204 Å². The van der Waals surface area contributed by atoms with Gasteiger partial charge in [-0.25, -0.2) is 0 Å². The number of hydrogen-bond acceptors (Lipinski definition) is 1. The van der Waals surface area contributed by atoms with Crippen molar-refractivity contribution >= 4 is 32.9 Å². The molecule has 1 aliphatic heterocycles. The molecule has 0 spiro atoms. The molecule has 2 atom stereocenters. The Morgan fingerprint density at radius 1 is 0.491 bits per heavy atom. The topological polar surface area (TPSA) is 3.24 Å². The molecule has 0 N–H and O–H groups in total. The Morgan fingerprint density at radius 3 is 1.89 bits per heavy atom. The van der Waals surface area contributed by atoms with Gasteiger partial charge in [0.2, 0.25) is 0 Å². The predicted molar refractivity (Wildman–Crippen MR) is 231 cm³/mol. The van der Waals surface area contributed by atoms with Crippen molar-refractivity contribution in [2.24, 2.45) is 5.41 Å². The number of para-hydroxylation sites is 1. The van der Waals surface area contributed by atoms with E-state index in [1.165, 1.54) is 109 Å². The molecule has 2 unspecified atom stereocenters. The van der Waals surface area contributed by atoms with Crippen molar-refractivity contribution in [3.8, 4) is 22.3 Å². The minimum Gasteiger partial charge on any atom is -0.335 e. The molecular weight excluding hydrogens is 663 g/mol. The van der Waals surface area contributed by atoms with Gasteiger partial charge in [-0.3, -0.25) is 0 Å². The van der Waals surface area contributed by atoms with E-state index in [0.29, 0.717) is 0 Å². The summed E-state index contributed by atoms with van der Waals surface area (Å²) in [6.07, 6.45) is 6.17. The van der Waals surface area contributed by atoms with Crippen LogP contribution in [0.15, 0.2) is 176 Å². The van der Waals surface area contributed by atoms with Gasteiger partial charge >= 0.3 is 0 Å². The second kappa shape index (κ2) is 12.0. The molecular formula is C54H45N. The molecule has 266 valence electrons. The summed E-state index contributed by atoms with van der Waals surface area (Å²) in [5.41, 5.74) is 14.5. The highest BCUT2D eigenvalue weighted by Gasteiger charge is 2.54. The lowest BCUT2D eigenvalue weighted by Crippen LogP contribution is -2.60. The van der Waals surface area contributed by atoms with Crippen LogP contribution >= 0.6 is 0 Å². The van der Waals surface area contributed by atoms with Crippen molar-refractivity contribution in [1.82, 2.24) is 0 Å². The van der Waals surface area contributed by atoms with Gasteiger partial charge in [-0.1, -0.05) is 165 Å². The summed E-state index contributed by atoms with van der Waals surface area (Å²) in [5, 5.41) is 5.21. The summed E-state index contributed by atoms with van der Waals surface area (Å²) >= 11 is 0. The zero-order valence-corrected chi connectivity index (χ0v) is 31.7. The monoisotopic (exact) mass is 707 g/mol. The summed E-state index contributed by atoms with van der Waals surface area (Å²) < 4.78 is 0. The first-order valence-corrected chi connectivity index (χ1v) is 20.2. The maximum Gasteiger partial charge on any atom is 0.0714 e. The molecule has 1 nitrogen and oxygen atoms in total. The van der Waals surface area contributed by atoms with Crippen LogP contribution in [-0.2, 0) is 11.8 Å². The molecule has 0 amide bonds. The van der Waals surface area contributed by atoms with Gasteiger partial charge in [-0.05, 0) is 134 Å². The van der Waals surface area contributed by atoms with E-state index in [-0.39, 0.29) is 11.0 Å². The maximum atomic E-state index is 2.71. The third-order valence-electron chi connectivity index (χ3n) is 14.1. The van der Waals surface area contributed by atoms with Gasteiger partial charge in [0.05, 0.1) is 5.41 Å². The van der Waals surface area contributed by atoms with Gasteiger partial charge in [0.25, 0.3) is 0 Å². The first-order valence-electron chi connectivity index (χ1n) is 20.2. The standard InChI is InChI=1S/C54H45N/c1-52-32-14-15-33-53(52,2)55(43-21-10-5-11-22-43)50-31-26-38(34-40(50)36-52)39-25-28-47-49(35-39)54(41-17-6-3-7-18-41,42-19-8-4-9-20-42)48-30-29-45-44-23-13-12-16-37(44)24-27-46(45)51(47)48/h3-13,16-31,34-35H,14-15,32-33,36H2,1-2H3. The summed E-state index contributed by atoms with van der Waals surface area (Å²) in [4.78, 5) is 2.71. The van der Waals surface area contributed by atoms with Crippen LogP contribution in [-0.4, -0.2) is 5.54 Å². The fraction of sp³-hybridized carbons (Fsp3) is 0.185. The molecule has 1 fully saturated rings. The van der Waals surface area contributed by atoms with E-state index in [4.69, 9.17) is 0 Å². The fourth-order valence-corrected chi connectivity index (χ4v) is 11.3. The quantitative estimate of drug-likeness (QED) is 0.165. The molecule has 0 aromatic heterocycles. The fourth-order valence-electron chi connectivity index (χ4n) is 11.3. The van der Waals surface area contributed by atoms with Crippen molar-refractivity contribution < 1.29 is 0 Å². The number of hydrogen-bond donors (Lipinski definition) is 0. The third kappa shape index (κ3) is 4.53. The van der Waals surface area contributed by atoms with Gasteiger partial charge in [-0.2, -0.15) is 0 Å². The van der Waals surface area contributed by atoms with E-state index in [1.54, 1.807) is 0 Å². The van der Waals surface area contributed by atoms with Crippen LogP contribution in [0.5, 0.6) is 0 Å². The Kier molecular flexibility index (Phi) is 7.12. The van der Waals surface area contributed by atoms with Crippen LogP contribution in [0.3, 0.4) is 0 Å².